The molecule has 43 heavy (non-hydrogen) atoms. The number of carbonyl (C=O) groups is 2. The van der Waals surface area contributed by atoms with E-state index in [9.17, 15) is 14.0 Å². The van der Waals surface area contributed by atoms with Crippen LogP contribution in [0.2, 0.25) is 0 Å². The summed E-state index contributed by atoms with van der Waals surface area (Å²) in [5, 5.41) is 0. The Balaban J connectivity index is 1.58. The molecule has 0 aromatic heterocycles. The van der Waals surface area contributed by atoms with Crippen molar-refractivity contribution in [3.8, 4) is 22.6 Å². The van der Waals surface area contributed by atoms with E-state index in [1.54, 1.807) is 13.0 Å². The summed E-state index contributed by atoms with van der Waals surface area (Å²) < 4.78 is 42.0. The van der Waals surface area contributed by atoms with Gasteiger partial charge in [0.15, 0.2) is 11.6 Å². The molecule has 2 aromatic carbocycles. The fraction of sp³-hybridized carbons (Fsp3) is 0.543. The molecule has 8 heteroatoms. The number of cyclic esters (lactones) is 2. The van der Waals surface area contributed by atoms with E-state index in [1.807, 2.05) is 24.3 Å². The van der Waals surface area contributed by atoms with Crippen molar-refractivity contribution in [3.05, 3.63) is 59.9 Å². The molecule has 3 rings (SSSR count). The van der Waals surface area contributed by atoms with Crippen LogP contribution in [-0.4, -0.2) is 45.2 Å². The van der Waals surface area contributed by atoms with Crippen LogP contribution in [-0.2, 0) is 25.4 Å². The van der Waals surface area contributed by atoms with Gasteiger partial charge in [-0.2, -0.15) is 0 Å². The van der Waals surface area contributed by atoms with Crippen LogP contribution in [0.5, 0.6) is 11.5 Å². The number of esters is 1. The van der Waals surface area contributed by atoms with E-state index < -0.39 is 12.1 Å². The largest absolute Gasteiger partial charge is 0.508 e. The SMILES string of the molecule is C=C(C)C(=O)OCCCCc1cc(-c2ccc(OCCCCCCCCCC)c(F)c2)ccc1OCC1COC(=O)OC1. The lowest BCUT2D eigenvalue weighted by atomic mass is 9.99. The van der Waals surface area contributed by atoms with E-state index in [0.717, 1.165) is 36.0 Å². The fourth-order valence-electron chi connectivity index (χ4n) is 4.78. The lowest BCUT2D eigenvalue weighted by Gasteiger charge is -2.22. The van der Waals surface area contributed by atoms with E-state index >= 15 is 0 Å². The van der Waals surface area contributed by atoms with Gasteiger partial charge < -0.3 is 23.7 Å². The van der Waals surface area contributed by atoms with Crippen LogP contribution in [0.4, 0.5) is 9.18 Å². The molecule has 0 radical (unpaired) electrons. The van der Waals surface area contributed by atoms with Crippen molar-refractivity contribution in [3.63, 3.8) is 0 Å². The number of unbranched alkanes of at least 4 members (excludes halogenated alkanes) is 8. The van der Waals surface area contributed by atoms with Crippen molar-refractivity contribution < 1.29 is 37.7 Å². The van der Waals surface area contributed by atoms with E-state index in [4.69, 9.17) is 23.7 Å². The topological polar surface area (TPSA) is 80.3 Å². The molecule has 0 amide bonds. The number of halogens is 1. The smallest absolute Gasteiger partial charge is 0.493 e. The van der Waals surface area contributed by atoms with Gasteiger partial charge in [-0.15, -0.1) is 0 Å². The molecular formula is C35H47FO7. The second-order valence-electron chi connectivity index (χ2n) is 11.2. The van der Waals surface area contributed by atoms with Crippen molar-refractivity contribution in [2.24, 2.45) is 5.92 Å². The number of hydrogen-bond donors (Lipinski definition) is 0. The molecule has 1 saturated heterocycles. The molecule has 1 heterocycles. The summed E-state index contributed by atoms with van der Waals surface area (Å²) in [5.41, 5.74) is 2.93. The third-order valence-corrected chi connectivity index (χ3v) is 7.35. The van der Waals surface area contributed by atoms with Crippen LogP contribution >= 0.6 is 0 Å². The monoisotopic (exact) mass is 598 g/mol. The quantitative estimate of drug-likeness (QED) is 0.0857. The van der Waals surface area contributed by atoms with E-state index in [-0.39, 0.29) is 30.7 Å². The number of ether oxygens (including phenoxy) is 5. The summed E-state index contributed by atoms with van der Waals surface area (Å²) in [6.45, 7) is 9.07. The van der Waals surface area contributed by atoms with Gasteiger partial charge >= 0.3 is 12.1 Å². The minimum Gasteiger partial charge on any atom is -0.493 e. The summed E-state index contributed by atoms with van der Waals surface area (Å²) in [6.07, 6.45) is 11.1. The summed E-state index contributed by atoms with van der Waals surface area (Å²) in [4.78, 5) is 22.8. The van der Waals surface area contributed by atoms with E-state index in [1.165, 1.54) is 44.6 Å². The van der Waals surface area contributed by atoms with Crippen LogP contribution in [0.1, 0.15) is 83.6 Å². The molecule has 0 atom stereocenters. The Morgan fingerprint density at radius 1 is 0.860 bits per heavy atom. The Labute approximate surface area is 255 Å². The van der Waals surface area contributed by atoms with Crippen molar-refractivity contribution >= 4 is 12.1 Å². The summed E-state index contributed by atoms with van der Waals surface area (Å²) in [5.74, 6) is 0.120. The Hall–Kier alpha value is -3.55. The standard InChI is InChI=1S/C35H47FO7/c1-4-5-6-7-8-9-10-12-19-39-33-18-16-29(22-31(33)36)28-15-17-32(41-23-27-24-42-35(38)43-25-27)30(21-28)14-11-13-20-40-34(37)26(2)3/h15-18,21-22,27H,2,4-14,19-20,23-25H2,1,3H3. The fourth-order valence-corrected chi connectivity index (χ4v) is 4.78. The van der Waals surface area contributed by atoms with Gasteiger partial charge in [0, 0.05) is 5.57 Å². The molecule has 2 aromatic rings. The highest BCUT2D eigenvalue weighted by Crippen LogP contribution is 2.31. The van der Waals surface area contributed by atoms with Gasteiger partial charge in [0.05, 0.1) is 25.7 Å². The Bertz CT molecular complexity index is 1170. The number of benzene rings is 2. The zero-order valence-electron chi connectivity index (χ0n) is 25.8. The average molecular weight is 599 g/mol. The number of carbonyl (C=O) groups excluding carboxylic acids is 2. The zero-order valence-corrected chi connectivity index (χ0v) is 25.8. The highest BCUT2D eigenvalue weighted by molar-refractivity contribution is 5.86. The van der Waals surface area contributed by atoms with Gasteiger partial charge in [-0.25, -0.2) is 14.0 Å². The highest BCUT2D eigenvalue weighted by atomic mass is 19.1. The molecule has 0 saturated carbocycles. The maximum Gasteiger partial charge on any atom is 0.508 e. The minimum absolute atomic E-state index is 0.0702. The normalized spacial score (nSPS) is 13.2. The lowest BCUT2D eigenvalue weighted by molar-refractivity contribution is -0.139. The van der Waals surface area contributed by atoms with Crippen molar-refractivity contribution in [2.75, 3.05) is 33.0 Å². The first-order valence-corrected chi connectivity index (χ1v) is 15.7. The van der Waals surface area contributed by atoms with E-state index in [2.05, 4.69) is 13.5 Å². The van der Waals surface area contributed by atoms with Crippen molar-refractivity contribution in [2.45, 2.75) is 84.5 Å². The zero-order chi connectivity index (χ0) is 30.9. The Morgan fingerprint density at radius 3 is 2.16 bits per heavy atom. The van der Waals surface area contributed by atoms with Gasteiger partial charge in [-0.1, -0.05) is 70.6 Å². The second-order valence-corrected chi connectivity index (χ2v) is 11.2. The first kappa shape index (κ1) is 33.9. The summed E-state index contributed by atoms with van der Waals surface area (Å²) in [6, 6.07) is 10.9. The average Bonchev–Trinajstić information content (AvgIpc) is 3.00. The molecule has 236 valence electrons. The van der Waals surface area contributed by atoms with Gasteiger partial charge in [-0.05, 0) is 73.6 Å². The van der Waals surface area contributed by atoms with E-state index in [0.29, 0.717) is 44.0 Å². The molecule has 0 unspecified atom stereocenters. The minimum atomic E-state index is -0.662. The molecular weight excluding hydrogens is 551 g/mol. The third kappa shape index (κ3) is 12.3. The molecule has 1 fully saturated rings. The summed E-state index contributed by atoms with van der Waals surface area (Å²) in [7, 11) is 0. The first-order valence-electron chi connectivity index (χ1n) is 15.7. The van der Waals surface area contributed by atoms with Crippen LogP contribution in [0.25, 0.3) is 11.1 Å². The molecule has 0 bridgehead atoms. The Morgan fingerprint density at radius 2 is 1.49 bits per heavy atom. The Kier molecular flexibility index (Phi) is 14.9. The van der Waals surface area contributed by atoms with Crippen molar-refractivity contribution in [1.29, 1.82) is 0 Å². The van der Waals surface area contributed by atoms with Crippen LogP contribution in [0.3, 0.4) is 0 Å². The van der Waals surface area contributed by atoms with Crippen LogP contribution < -0.4 is 9.47 Å². The predicted octanol–water partition coefficient (Wildman–Crippen LogP) is 8.62. The molecule has 1 aliphatic heterocycles. The van der Waals surface area contributed by atoms with Gasteiger partial charge in [0.25, 0.3) is 0 Å². The summed E-state index contributed by atoms with van der Waals surface area (Å²) >= 11 is 0. The highest BCUT2D eigenvalue weighted by Gasteiger charge is 2.22. The van der Waals surface area contributed by atoms with Gasteiger partial charge in [0.2, 0.25) is 0 Å². The molecule has 1 aliphatic rings. The second kappa shape index (κ2) is 18.9. The molecule has 0 aliphatic carbocycles. The third-order valence-electron chi connectivity index (χ3n) is 7.35. The molecule has 7 nitrogen and oxygen atoms in total. The van der Waals surface area contributed by atoms with Crippen LogP contribution in [0, 0.1) is 11.7 Å². The van der Waals surface area contributed by atoms with Crippen LogP contribution in [0.15, 0.2) is 48.6 Å². The molecule has 0 spiro atoms. The maximum absolute atomic E-state index is 15.0. The van der Waals surface area contributed by atoms with Crippen molar-refractivity contribution in [1.82, 2.24) is 0 Å². The molecule has 0 N–H and O–H groups in total. The maximum atomic E-state index is 15.0. The van der Waals surface area contributed by atoms with Gasteiger partial charge in [0.1, 0.15) is 19.0 Å². The lowest BCUT2D eigenvalue weighted by Crippen LogP contribution is -2.31. The van der Waals surface area contributed by atoms with Gasteiger partial charge in [-0.3, -0.25) is 0 Å². The number of rotatable bonds is 20. The first-order chi connectivity index (χ1) is 20.9. The number of hydrogen-bond acceptors (Lipinski definition) is 7. The number of aryl methyl sites for hydroxylation is 1. The predicted molar refractivity (Wildman–Crippen MR) is 165 cm³/mol.